The Morgan fingerprint density at radius 2 is 2.00 bits per heavy atom. The smallest absolute Gasteiger partial charge is 0.0767 e. The molecule has 0 aromatic heterocycles. The third kappa shape index (κ3) is 5.68. The number of hydrogen-bond acceptors (Lipinski definition) is 3. The first kappa shape index (κ1) is 15.9. The van der Waals surface area contributed by atoms with Crippen molar-refractivity contribution >= 4 is 0 Å². The van der Waals surface area contributed by atoms with Crippen molar-refractivity contribution in [2.45, 2.75) is 70.9 Å². The van der Waals surface area contributed by atoms with Gasteiger partial charge in [-0.15, -0.1) is 0 Å². The summed E-state index contributed by atoms with van der Waals surface area (Å²) in [4.78, 5) is 2.62. The molecule has 108 valence electrons. The average Bonchev–Trinajstić information content (AvgIpc) is 3.17. The molecule has 0 amide bonds. The summed E-state index contributed by atoms with van der Waals surface area (Å²) in [6.45, 7) is 9.32. The SMILES string of the molecule is CCC(O)(CN)CCCN(CCC(C)C)C1CC1. The Morgan fingerprint density at radius 3 is 2.44 bits per heavy atom. The van der Waals surface area contributed by atoms with Gasteiger partial charge in [0.2, 0.25) is 0 Å². The lowest BCUT2D eigenvalue weighted by molar-refractivity contribution is 0.0312. The van der Waals surface area contributed by atoms with Gasteiger partial charge in [0.05, 0.1) is 5.60 Å². The van der Waals surface area contributed by atoms with E-state index in [0.29, 0.717) is 6.54 Å². The summed E-state index contributed by atoms with van der Waals surface area (Å²) in [6, 6.07) is 0.830. The summed E-state index contributed by atoms with van der Waals surface area (Å²) < 4.78 is 0. The van der Waals surface area contributed by atoms with Crippen molar-refractivity contribution in [3.63, 3.8) is 0 Å². The van der Waals surface area contributed by atoms with Gasteiger partial charge in [0.25, 0.3) is 0 Å². The van der Waals surface area contributed by atoms with Crippen molar-refractivity contribution in [1.82, 2.24) is 4.90 Å². The van der Waals surface area contributed by atoms with Gasteiger partial charge in [0, 0.05) is 12.6 Å². The highest BCUT2D eigenvalue weighted by Gasteiger charge is 2.29. The Morgan fingerprint density at radius 1 is 1.33 bits per heavy atom. The molecule has 0 heterocycles. The average molecular weight is 256 g/mol. The maximum atomic E-state index is 10.2. The number of hydrogen-bond donors (Lipinski definition) is 2. The maximum absolute atomic E-state index is 10.2. The number of nitrogens with two attached hydrogens (primary N) is 1. The predicted molar refractivity (Wildman–Crippen MR) is 77.6 cm³/mol. The summed E-state index contributed by atoms with van der Waals surface area (Å²) in [5.74, 6) is 0.780. The fourth-order valence-corrected chi connectivity index (χ4v) is 2.38. The topological polar surface area (TPSA) is 49.5 Å². The van der Waals surface area contributed by atoms with E-state index in [-0.39, 0.29) is 0 Å². The summed E-state index contributed by atoms with van der Waals surface area (Å²) >= 11 is 0. The first-order valence-electron chi connectivity index (χ1n) is 7.67. The molecule has 1 atom stereocenters. The van der Waals surface area contributed by atoms with Crippen LogP contribution in [0, 0.1) is 5.92 Å². The van der Waals surface area contributed by atoms with E-state index in [1.807, 2.05) is 6.92 Å². The van der Waals surface area contributed by atoms with Gasteiger partial charge in [-0.25, -0.2) is 0 Å². The second kappa shape index (κ2) is 7.46. The molecule has 0 spiro atoms. The highest BCUT2D eigenvalue weighted by atomic mass is 16.3. The second-order valence-electron chi connectivity index (χ2n) is 6.34. The minimum Gasteiger partial charge on any atom is -0.389 e. The molecule has 0 aromatic rings. The lowest BCUT2D eigenvalue weighted by atomic mass is 9.95. The maximum Gasteiger partial charge on any atom is 0.0767 e. The Labute approximate surface area is 113 Å². The number of rotatable bonds is 10. The van der Waals surface area contributed by atoms with Gasteiger partial charge < -0.3 is 15.7 Å². The fraction of sp³-hybridized carbons (Fsp3) is 1.00. The summed E-state index contributed by atoms with van der Waals surface area (Å²) in [6.07, 6.45) is 6.69. The Bertz CT molecular complexity index is 223. The number of nitrogens with zero attached hydrogens (tertiary/aromatic N) is 1. The summed E-state index contributed by atoms with van der Waals surface area (Å²) in [7, 11) is 0. The molecule has 1 rings (SSSR count). The molecule has 3 N–H and O–H groups in total. The number of aliphatic hydroxyl groups is 1. The molecule has 1 saturated carbocycles. The van der Waals surface area contributed by atoms with E-state index in [1.54, 1.807) is 0 Å². The van der Waals surface area contributed by atoms with Crippen molar-refractivity contribution in [3.05, 3.63) is 0 Å². The summed E-state index contributed by atoms with van der Waals surface area (Å²) in [5, 5.41) is 10.2. The normalized spacial score (nSPS) is 19.5. The molecule has 0 aliphatic heterocycles. The zero-order chi connectivity index (χ0) is 13.6. The Balaban J connectivity index is 2.25. The predicted octanol–water partition coefficient (Wildman–Crippen LogP) is 2.38. The first-order chi connectivity index (χ1) is 8.50. The van der Waals surface area contributed by atoms with Gasteiger partial charge in [0.1, 0.15) is 0 Å². The molecule has 1 aliphatic rings. The zero-order valence-corrected chi connectivity index (χ0v) is 12.5. The van der Waals surface area contributed by atoms with E-state index < -0.39 is 5.60 Å². The van der Waals surface area contributed by atoms with Crippen molar-refractivity contribution in [3.8, 4) is 0 Å². The molecule has 1 unspecified atom stereocenters. The molecule has 0 saturated heterocycles. The lowest BCUT2D eigenvalue weighted by Gasteiger charge is -2.28. The summed E-state index contributed by atoms with van der Waals surface area (Å²) in [5.41, 5.74) is 5.01. The highest BCUT2D eigenvalue weighted by molar-refractivity contribution is 4.85. The standard InChI is InChI=1S/C15H32N2O/c1-4-15(18,12-16)9-5-10-17(14-6-7-14)11-8-13(2)3/h13-14,18H,4-12,16H2,1-3H3. The van der Waals surface area contributed by atoms with Crippen LogP contribution < -0.4 is 5.73 Å². The van der Waals surface area contributed by atoms with E-state index in [9.17, 15) is 5.11 Å². The zero-order valence-electron chi connectivity index (χ0n) is 12.5. The van der Waals surface area contributed by atoms with Crippen LogP contribution in [0.25, 0.3) is 0 Å². The van der Waals surface area contributed by atoms with Crippen LogP contribution in [-0.4, -0.2) is 41.3 Å². The van der Waals surface area contributed by atoms with Crippen LogP contribution in [0.3, 0.4) is 0 Å². The molecular formula is C15H32N2O. The van der Waals surface area contributed by atoms with Crippen LogP contribution in [0.15, 0.2) is 0 Å². The third-order valence-corrected chi connectivity index (χ3v) is 4.18. The van der Waals surface area contributed by atoms with Crippen LogP contribution >= 0.6 is 0 Å². The van der Waals surface area contributed by atoms with Crippen LogP contribution in [0.2, 0.25) is 0 Å². The van der Waals surface area contributed by atoms with Gasteiger partial charge in [0.15, 0.2) is 0 Å². The van der Waals surface area contributed by atoms with Crippen LogP contribution in [0.1, 0.15) is 59.3 Å². The molecule has 3 nitrogen and oxygen atoms in total. The van der Waals surface area contributed by atoms with Gasteiger partial charge in [-0.1, -0.05) is 20.8 Å². The molecule has 0 bridgehead atoms. The van der Waals surface area contributed by atoms with Crippen LogP contribution in [0.5, 0.6) is 0 Å². The van der Waals surface area contributed by atoms with Crippen molar-refractivity contribution in [2.75, 3.05) is 19.6 Å². The van der Waals surface area contributed by atoms with E-state index >= 15 is 0 Å². The largest absolute Gasteiger partial charge is 0.389 e. The van der Waals surface area contributed by atoms with E-state index in [2.05, 4.69) is 18.7 Å². The van der Waals surface area contributed by atoms with Gasteiger partial charge in [-0.2, -0.15) is 0 Å². The fourth-order valence-electron chi connectivity index (χ4n) is 2.38. The van der Waals surface area contributed by atoms with E-state index in [1.165, 1.54) is 25.8 Å². The van der Waals surface area contributed by atoms with Crippen molar-refractivity contribution in [2.24, 2.45) is 11.7 Å². The van der Waals surface area contributed by atoms with Gasteiger partial charge in [-0.3, -0.25) is 0 Å². The molecule has 0 aromatic carbocycles. The van der Waals surface area contributed by atoms with Gasteiger partial charge >= 0.3 is 0 Å². The molecule has 1 aliphatic carbocycles. The third-order valence-electron chi connectivity index (χ3n) is 4.18. The molecule has 0 radical (unpaired) electrons. The van der Waals surface area contributed by atoms with Gasteiger partial charge in [-0.05, 0) is 57.5 Å². The van der Waals surface area contributed by atoms with Crippen molar-refractivity contribution in [1.29, 1.82) is 0 Å². The molecule has 3 heteroatoms. The minimum absolute atomic E-state index is 0.388. The quantitative estimate of drug-likeness (QED) is 0.631. The monoisotopic (exact) mass is 256 g/mol. The second-order valence-corrected chi connectivity index (χ2v) is 6.34. The molecular weight excluding hydrogens is 224 g/mol. The molecule has 1 fully saturated rings. The van der Waals surface area contributed by atoms with E-state index in [4.69, 9.17) is 5.73 Å². The van der Waals surface area contributed by atoms with Crippen LogP contribution in [0.4, 0.5) is 0 Å². The van der Waals surface area contributed by atoms with Crippen LogP contribution in [-0.2, 0) is 0 Å². The Kier molecular flexibility index (Phi) is 6.61. The first-order valence-corrected chi connectivity index (χ1v) is 7.67. The minimum atomic E-state index is -0.632. The van der Waals surface area contributed by atoms with E-state index in [0.717, 1.165) is 37.8 Å². The highest BCUT2D eigenvalue weighted by Crippen LogP contribution is 2.28. The molecule has 18 heavy (non-hydrogen) atoms. The lowest BCUT2D eigenvalue weighted by Crippen LogP contribution is -2.38. The van der Waals surface area contributed by atoms with Crippen molar-refractivity contribution < 1.29 is 5.11 Å². The Hall–Kier alpha value is -0.120.